The summed E-state index contributed by atoms with van der Waals surface area (Å²) in [6.45, 7) is 6.28. The van der Waals surface area contributed by atoms with Gasteiger partial charge in [0.15, 0.2) is 5.78 Å². The Kier molecular flexibility index (Phi) is 8.44. The van der Waals surface area contributed by atoms with Crippen molar-refractivity contribution in [2.45, 2.75) is 58.2 Å². The molecule has 3 amide bonds. The molecular formula is C28H35N3O5S. The predicted octanol–water partition coefficient (Wildman–Crippen LogP) is 2.96. The molecule has 198 valence electrons. The number of aliphatic hydroxyl groups is 1. The first-order valence-electron chi connectivity index (χ1n) is 12.9. The molecule has 4 unspecified atom stereocenters. The molecule has 2 aliphatic heterocycles. The molecule has 2 aliphatic rings. The van der Waals surface area contributed by atoms with Crippen LogP contribution in [0.1, 0.15) is 50.4 Å². The first kappa shape index (κ1) is 27.0. The lowest BCUT2D eigenvalue weighted by molar-refractivity contribution is -0.144. The van der Waals surface area contributed by atoms with Crippen LogP contribution in [0, 0.1) is 11.8 Å². The molecule has 9 heteroatoms. The van der Waals surface area contributed by atoms with Gasteiger partial charge < -0.3 is 20.2 Å². The molecule has 8 nitrogen and oxygen atoms in total. The number of amides is 3. The van der Waals surface area contributed by atoms with Crippen LogP contribution in [0.5, 0.6) is 0 Å². The van der Waals surface area contributed by atoms with E-state index in [-0.39, 0.29) is 48.4 Å². The molecule has 0 saturated carbocycles. The van der Waals surface area contributed by atoms with Gasteiger partial charge in [-0.05, 0) is 53.8 Å². The number of likely N-dealkylation sites (tertiary alicyclic amines) is 2. The highest BCUT2D eigenvalue weighted by molar-refractivity contribution is 7.13. The average Bonchev–Trinajstić information content (AvgIpc) is 3.62. The summed E-state index contributed by atoms with van der Waals surface area (Å²) in [5.41, 5.74) is 1.67. The number of nitrogens with zero attached hydrogens (tertiary/aromatic N) is 2. The molecule has 4 atom stereocenters. The van der Waals surface area contributed by atoms with Crippen molar-refractivity contribution in [1.82, 2.24) is 15.1 Å². The van der Waals surface area contributed by atoms with E-state index >= 15 is 0 Å². The quantitative estimate of drug-likeness (QED) is 0.524. The zero-order valence-electron chi connectivity index (χ0n) is 21.6. The van der Waals surface area contributed by atoms with Gasteiger partial charge in [-0.2, -0.15) is 0 Å². The molecule has 0 bridgehead atoms. The van der Waals surface area contributed by atoms with Crippen molar-refractivity contribution >= 4 is 34.8 Å². The van der Waals surface area contributed by atoms with E-state index in [1.54, 1.807) is 30.1 Å². The molecule has 2 aromatic rings. The summed E-state index contributed by atoms with van der Waals surface area (Å²) in [6, 6.07) is 10.6. The Balaban J connectivity index is 1.24. The Morgan fingerprint density at radius 1 is 1.11 bits per heavy atom. The van der Waals surface area contributed by atoms with Crippen molar-refractivity contribution in [1.29, 1.82) is 0 Å². The van der Waals surface area contributed by atoms with Crippen LogP contribution in [0.4, 0.5) is 0 Å². The van der Waals surface area contributed by atoms with E-state index in [9.17, 15) is 24.3 Å². The number of aliphatic hydroxyl groups excluding tert-OH is 1. The molecule has 4 rings (SSSR count). The molecule has 37 heavy (non-hydrogen) atoms. The van der Waals surface area contributed by atoms with Crippen molar-refractivity contribution in [2.24, 2.45) is 11.8 Å². The summed E-state index contributed by atoms with van der Waals surface area (Å²) in [7, 11) is 0. The molecule has 0 spiro atoms. The van der Waals surface area contributed by atoms with Crippen LogP contribution < -0.4 is 5.32 Å². The molecule has 2 fully saturated rings. The maximum Gasteiger partial charge on any atom is 0.252 e. The van der Waals surface area contributed by atoms with Gasteiger partial charge in [0.05, 0.1) is 12.6 Å². The van der Waals surface area contributed by atoms with Crippen molar-refractivity contribution in [3.8, 4) is 10.4 Å². The lowest BCUT2D eigenvalue weighted by Crippen LogP contribution is -2.46. The molecular weight excluding hydrogens is 490 g/mol. The fourth-order valence-electron chi connectivity index (χ4n) is 5.13. The highest BCUT2D eigenvalue weighted by Gasteiger charge is 2.52. The van der Waals surface area contributed by atoms with Gasteiger partial charge in [0.25, 0.3) is 11.8 Å². The summed E-state index contributed by atoms with van der Waals surface area (Å²) in [5, 5.41) is 15.1. The Morgan fingerprint density at radius 2 is 1.84 bits per heavy atom. The number of carbonyl (C=O) groups is 4. The Labute approximate surface area is 221 Å². The van der Waals surface area contributed by atoms with Crippen molar-refractivity contribution < 1.29 is 24.3 Å². The van der Waals surface area contributed by atoms with E-state index < -0.39 is 18.1 Å². The van der Waals surface area contributed by atoms with E-state index in [0.717, 1.165) is 10.4 Å². The lowest BCUT2D eigenvalue weighted by atomic mass is 10.0. The van der Waals surface area contributed by atoms with Crippen molar-refractivity contribution in [2.75, 3.05) is 19.6 Å². The number of carbonyl (C=O) groups excluding carboxylic acids is 4. The maximum absolute atomic E-state index is 13.0. The second-order valence-electron chi connectivity index (χ2n) is 10.4. The van der Waals surface area contributed by atoms with Crippen molar-refractivity contribution in [3.63, 3.8) is 0 Å². The van der Waals surface area contributed by atoms with Gasteiger partial charge in [-0.15, -0.1) is 11.3 Å². The largest absolute Gasteiger partial charge is 0.383 e. The number of hydrogen-bond acceptors (Lipinski definition) is 6. The average molecular weight is 526 g/mol. The van der Waals surface area contributed by atoms with Gasteiger partial charge in [0.1, 0.15) is 12.1 Å². The minimum atomic E-state index is -1.15. The first-order chi connectivity index (χ1) is 17.7. The van der Waals surface area contributed by atoms with E-state index in [2.05, 4.69) is 5.32 Å². The number of Topliss-reactive ketones (excluding diaryl/α,β-unsaturated/α-hetero) is 1. The summed E-state index contributed by atoms with van der Waals surface area (Å²) < 4.78 is 0. The predicted molar refractivity (Wildman–Crippen MR) is 142 cm³/mol. The van der Waals surface area contributed by atoms with E-state index in [1.165, 1.54) is 4.90 Å². The first-order valence-corrected chi connectivity index (χ1v) is 13.8. The van der Waals surface area contributed by atoms with Gasteiger partial charge in [-0.25, -0.2) is 0 Å². The summed E-state index contributed by atoms with van der Waals surface area (Å²) in [5.74, 6) is -1.07. The van der Waals surface area contributed by atoms with Gasteiger partial charge in [-0.1, -0.05) is 39.0 Å². The van der Waals surface area contributed by atoms with Crippen molar-refractivity contribution in [3.05, 3.63) is 47.3 Å². The van der Waals surface area contributed by atoms with Gasteiger partial charge in [0, 0.05) is 30.0 Å². The van der Waals surface area contributed by atoms with Crippen LogP contribution in [0.2, 0.25) is 0 Å². The second-order valence-corrected chi connectivity index (χ2v) is 11.4. The van der Waals surface area contributed by atoms with Crippen LogP contribution in [0.15, 0.2) is 41.8 Å². The topological polar surface area (TPSA) is 107 Å². The molecule has 2 N–H and O–H groups in total. The SMILES string of the molecule is CC(CCNC(=O)c1ccc(-c2cccs2)cc1)CC(=O)N1CCC2C1C(=O)CN2C(=O)C(O)C(C)C. The molecule has 1 aromatic carbocycles. The van der Waals surface area contributed by atoms with Crippen LogP contribution in [0.3, 0.4) is 0 Å². The minimum absolute atomic E-state index is 0.0186. The van der Waals surface area contributed by atoms with E-state index in [0.29, 0.717) is 31.5 Å². The van der Waals surface area contributed by atoms with Crippen LogP contribution in [-0.4, -0.2) is 76.2 Å². The molecule has 1 aromatic heterocycles. The smallest absolute Gasteiger partial charge is 0.252 e. The van der Waals surface area contributed by atoms with E-state index in [4.69, 9.17) is 0 Å². The third-order valence-corrected chi connectivity index (χ3v) is 8.23. The molecule has 2 saturated heterocycles. The Morgan fingerprint density at radius 3 is 2.49 bits per heavy atom. The van der Waals surface area contributed by atoms with Gasteiger partial charge in [-0.3, -0.25) is 19.2 Å². The number of rotatable bonds is 9. The van der Waals surface area contributed by atoms with Gasteiger partial charge in [0.2, 0.25) is 5.91 Å². The molecule has 0 aliphatic carbocycles. The number of fused-ring (bicyclic) bond motifs is 1. The lowest BCUT2D eigenvalue weighted by Gasteiger charge is -2.27. The fraction of sp³-hybridized carbons (Fsp3) is 0.500. The van der Waals surface area contributed by atoms with Gasteiger partial charge >= 0.3 is 0 Å². The summed E-state index contributed by atoms with van der Waals surface area (Å²) in [6.07, 6.45) is 0.287. The second kappa shape index (κ2) is 11.6. The fourth-order valence-corrected chi connectivity index (χ4v) is 5.86. The Bertz CT molecular complexity index is 1130. The highest BCUT2D eigenvalue weighted by Crippen LogP contribution is 2.32. The maximum atomic E-state index is 13.0. The third kappa shape index (κ3) is 5.93. The number of hydrogen-bond donors (Lipinski definition) is 2. The van der Waals surface area contributed by atoms with Crippen LogP contribution >= 0.6 is 11.3 Å². The standard InChI is InChI=1S/C28H35N3O5S/c1-17(2)26(34)28(36)31-16-22(32)25-21(31)11-13-30(25)24(33)15-18(3)10-12-29-27(35)20-8-6-19(7-9-20)23-5-4-14-37-23/h4-9,14,17-18,21,25-26,34H,10-13,15-16H2,1-3H3,(H,29,35). The van der Waals surface area contributed by atoms with Crippen LogP contribution in [0.25, 0.3) is 10.4 Å². The highest BCUT2D eigenvalue weighted by atomic mass is 32.1. The molecule has 0 radical (unpaired) electrons. The number of thiophene rings is 1. The molecule has 3 heterocycles. The monoisotopic (exact) mass is 525 g/mol. The minimum Gasteiger partial charge on any atom is -0.383 e. The number of benzene rings is 1. The van der Waals surface area contributed by atoms with E-state index in [1.807, 2.05) is 48.7 Å². The normalized spacial score (nSPS) is 20.7. The summed E-state index contributed by atoms with van der Waals surface area (Å²) >= 11 is 1.65. The third-order valence-electron chi connectivity index (χ3n) is 7.31. The zero-order chi connectivity index (χ0) is 26.7. The Hall–Kier alpha value is -3.04. The number of nitrogens with one attached hydrogen (secondary N) is 1. The zero-order valence-corrected chi connectivity index (χ0v) is 22.4. The number of ketones is 1. The van der Waals surface area contributed by atoms with Crippen LogP contribution in [-0.2, 0) is 14.4 Å². The summed E-state index contributed by atoms with van der Waals surface area (Å²) in [4.78, 5) is 55.2.